The van der Waals surface area contributed by atoms with Gasteiger partial charge in [-0.25, -0.2) is 0 Å². The van der Waals surface area contributed by atoms with Crippen LogP contribution >= 0.6 is 0 Å². The van der Waals surface area contributed by atoms with Gasteiger partial charge >= 0.3 is 0 Å². The van der Waals surface area contributed by atoms with E-state index in [-0.39, 0.29) is 0 Å². The van der Waals surface area contributed by atoms with Gasteiger partial charge in [-0.2, -0.15) is 0 Å². The van der Waals surface area contributed by atoms with Gasteiger partial charge < -0.3 is 0 Å². The molecule has 0 amide bonds. The van der Waals surface area contributed by atoms with Crippen molar-refractivity contribution in [2.24, 2.45) is 17.3 Å². The van der Waals surface area contributed by atoms with Gasteiger partial charge in [-0.05, 0) is 23.7 Å². The fourth-order valence-electron chi connectivity index (χ4n) is 2.02. The summed E-state index contributed by atoms with van der Waals surface area (Å²) >= 11 is 0. The van der Waals surface area contributed by atoms with Gasteiger partial charge in [0.1, 0.15) is 0 Å². The monoisotopic (exact) mass is 184 g/mol. The SMILES string of the molecule is CCC(CC(C)(CC)CC)C(C)C. The van der Waals surface area contributed by atoms with Gasteiger partial charge in [0.2, 0.25) is 0 Å². The third kappa shape index (κ3) is 4.15. The highest BCUT2D eigenvalue weighted by molar-refractivity contribution is 4.76. The van der Waals surface area contributed by atoms with Crippen LogP contribution in [0.4, 0.5) is 0 Å². The average molecular weight is 184 g/mol. The van der Waals surface area contributed by atoms with Crippen LogP contribution in [-0.2, 0) is 0 Å². The molecule has 0 rings (SSSR count). The maximum absolute atomic E-state index is 2.44. The zero-order valence-corrected chi connectivity index (χ0v) is 10.5. The highest BCUT2D eigenvalue weighted by Gasteiger charge is 2.25. The molecule has 0 aromatic carbocycles. The molecule has 13 heavy (non-hydrogen) atoms. The molecule has 0 radical (unpaired) electrons. The van der Waals surface area contributed by atoms with Crippen molar-refractivity contribution in [1.29, 1.82) is 0 Å². The first-order valence-corrected chi connectivity index (χ1v) is 5.99. The van der Waals surface area contributed by atoms with E-state index < -0.39 is 0 Å². The molecule has 0 aliphatic heterocycles. The Morgan fingerprint density at radius 1 is 1.00 bits per heavy atom. The lowest BCUT2D eigenvalue weighted by molar-refractivity contribution is 0.185. The molecule has 0 aromatic rings. The summed E-state index contributed by atoms with van der Waals surface area (Å²) in [6.45, 7) is 14.2. The van der Waals surface area contributed by atoms with Crippen LogP contribution in [0.1, 0.15) is 67.2 Å². The lowest BCUT2D eigenvalue weighted by atomic mass is 9.73. The molecule has 0 saturated carbocycles. The summed E-state index contributed by atoms with van der Waals surface area (Å²) in [7, 11) is 0. The van der Waals surface area contributed by atoms with Crippen molar-refractivity contribution in [2.45, 2.75) is 67.2 Å². The quantitative estimate of drug-likeness (QED) is 0.551. The first-order valence-electron chi connectivity index (χ1n) is 5.99. The van der Waals surface area contributed by atoms with Crippen molar-refractivity contribution in [3.8, 4) is 0 Å². The Morgan fingerprint density at radius 2 is 1.46 bits per heavy atom. The van der Waals surface area contributed by atoms with Gasteiger partial charge in [-0.15, -0.1) is 0 Å². The summed E-state index contributed by atoms with van der Waals surface area (Å²) in [5.74, 6) is 1.77. The summed E-state index contributed by atoms with van der Waals surface area (Å²) in [4.78, 5) is 0. The predicted octanol–water partition coefficient (Wildman–Crippen LogP) is 4.89. The minimum atomic E-state index is 0.588. The molecule has 0 aromatic heterocycles. The molecular formula is C13H28. The van der Waals surface area contributed by atoms with Crippen LogP contribution in [0.25, 0.3) is 0 Å². The van der Waals surface area contributed by atoms with Crippen molar-refractivity contribution in [2.75, 3.05) is 0 Å². The van der Waals surface area contributed by atoms with E-state index in [4.69, 9.17) is 0 Å². The van der Waals surface area contributed by atoms with E-state index in [0.717, 1.165) is 11.8 Å². The lowest BCUT2D eigenvalue weighted by Crippen LogP contribution is -2.21. The van der Waals surface area contributed by atoms with E-state index in [2.05, 4.69) is 41.5 Å². The maximum atomic E-state index is 2.44. The molecule has 0 spiro atoms. The van der Waals surface area contributed by atoms with E-state index in [0.29, 0.717) is 5.41 Å². The van der Waals surface area contributed by atoms with Crippen molar-refractivity contribution in [3.63, 3.8) is 0 Å². The molecule has 1 unspecified atom stereocenters. The molecule has 0 aliphatic carbocycles. The van der Waals surface area contributed by atoms with Crippen LogP contribution < -0.4 is 0 Å². The second kappa shape index (κ2) is 5.67. The molecule has 0 aliphatic rings. The fourth-order valence-corrected chi connectivity index (χ4v) is 2.02. The largest absolute Gasteiger partial charge is 0.0651 e. The molecule has 0 N–H and O–H groups in total. The predicted molar refractivity (Wildman–Crippen MR) is 61.9 cm³/mol. The van der Waals surface area contributed by atoms with Gasteiger partial charge in [0.15, 0.2) is 0 Å². The summed E-state index contributed by atoms with van der Waals surface area (Å²) < 4.78 is 0. The Morgan fingerprint density at radius 3 is 1.69 bits per heavy atom. The van der Waals surface area contributed by atoms with Crippen LogP contribution in [0.5, 0.6) is 0 Å². The van der Waals surface area contributed by atoms with Crippen LogP contribution in [-0.4, -0.2) is 0 Å². The molecule has 0 saturated heterocycles. The summed E-state index contributed by atoms with van der Waals surface area (Å²) in [6, 6.07) is 0. The molecule has 0 bridgehead atoms. The van der Waals surface area contributed by atoms with Crippen LogP contribution in [0.2, 0.25) is 0 Å². The summed E-state index contributed by atoms with van der Waals surface area (Å²) in [5, 5.41) is 0. The van der Waals surface area contributed by atoms with Gasteiger partial charge in [0, 0.05) is 0 Å². The highest BCUT2D eigenvalue weighted by atomic mass is 14.3. The number of rotatable bonds is 6. The van der Waals surface area contributed by atoms with Crippen LogP contribution in [0, 0.1) is 17.3 Å². The van der Waals surface area contributed by atoms with Gasteiger partial charge in [0.05, 0.1) is 0 Å². The Bertz CT molecular complexity index is 120. The van der Waals surface area contributed by atoms with Crippen LogP contribution in [0.3, 0.4) is 0 Å². The molecule has 0 heteroatoms. The molecule has 0 fully saturated rings. The Balaban J connectivity index is 4.19. The Hall–Kier alpha value is 0. The summed E-state index contributed by atoms with van der Waals surface area (Å²) in [5.41, 5.74) is 0.588. The second-order valence-electron chi connectivity index (χ2n) is 5.13. The van der Waals surface area contributed by atoms with E-state index in [1.165, 1.54) is 25.7 Å². The average Bonchev–Trinajstić information content (AvgIpc) is 2.13. The smallest absolute Gasteiger partial charge is 0.0328 e. The molecule has 80 valence electrons. The van der Waals surface area contributed by atoms with E-state index >= 15 is 0 Å². The fraction of sp³-hybridized carbons (Fsp3) is 1.00. The van der Waals surface area contributed by atoms with Gasteiger partial charge in [-0.3, -0.25) is 0 Å². The van der Waals surface area contributed by atoms with Crippen molar-refractivity contribution >= 4 is 0 Å². The number of hydrogen-bond donors (Lipinski definition) is 0. The third-order valence-corrected chi connectivity index (χ3v) is 3.93. The molecule has 0 nitrogen and oxygen atoms in total. The minimum Gasteiger partial charge on any atom is -0.0651 e. The topological polar surface area (TPSA) is 0 Å². The van der Waals surface area contributed by atoms with E-state index in [1.54, 1.807) is 0 Å². The minimum absolute atomic E-state index is 0.588. The van der Waals surface area contributed by atoms with Crippen molar-refractivity contribution in [3.05, 3.63) is 0 Å². The maximum Gasteiger partial charge on any atom is -0.0328 e. The van der Waals surface area contributed by atoms with Gasteiger partial charge in [0.25, 0.3) is 0 Å². The summed E-state index contributed by atoms with van der Waals surface area (Å²) in [6.07, 6.45) is 5.40. The van der Waals surface area contributed by atoms with Crippen LogP contribution in [0.15, 0.2) is 0 Å². The van der Waals surface area contributed by atoms with E-state index in [9.17, 15) is 0 Å². The highest BCUT2D eigenvalue weighted by Crippen LogP contribution is 2.36. The third-order valence-electron chi connectivity index (χ3n) is 3.93. The molecular weight excluding hydrogens is 156 g/mol. The van der Waals surface area contributed by atoms with Gasteiger partial charge in [-0.1, -0.05) is 60.8 Å². The van der Waals surface area contributed by atoms with Crippen molar-refractivity contribution < 1.29 is 0 Å². The van der Waals surface area contributed by atoms with E-state index in [1.807, 2.05) is 0 Å². The second-order valence-corrected chi connectivity index (χ2v) is 5.13. The Kier molecular flexibility index (Phi) is 5.67. The zero-order valence-electron chi connectivity index (χ0n) is 10.5. The Labute approximate surface area is 85.1 Å². The molecule has 0 heterocycles. The first kappa shape index (κ1) is 13.0. The van der Waals surface area contributed by atoms with Crippen molar-refractivity contribution in [1.82, 2.24) is 0 Å². The standard InChI is InChI=1S/C13H28/c1-7-12(11(4)5)10-13(6,8-2)9-3/h11-12H,7-10H2,1-6H3. The zero-order chi connectivity index (χ0) is 10.5. The lowest BCUT2D eigenvalue weighted by Gasteiger charge is -2.33. The number of hydrogen-bond acceptors (Lipinski definition) is 0. The normalized spacial score (nSPS) is 15.0. The molecule has 1 atom stereocenters. The first-order chi connectivity index (χ1) is 5.99.